The summed E-state index contributed by atoms with van der Waals surface area (Å²) in [4.78, 5) is 12.9. The van der Waals surface area contributed by atoms with Gasteiger partial charge >= 0.3 is 0 Å². The van der Waals surface area contributed by atoms with Crippen LogP contribution in [0.15, 0.2) is 20.4 Å². The van der Waals surface area contributed by atoms with Crippen molar-refractivity contribution in [2.24, 2.45) is 7.05 Å². The number of ketones is 1. The predicted octanol–water partition coefficient (Wildman–Crippen LogP) is 3.99. The minimum Gasteiger partial charge on any atom is -0.293 e. The summed E-state index contributed by atoms with van der Waals surface area (Å²) in [5.74, 6) is 0.122. The Morgan fingerprint density at radius 2 is 2.17 bits per heavy atom. The van der Waals surface area contributed by atoms with E-state index in [2.05, 4.69) is 43.9 Å². The Kier molecular flexibility index (Phi) is 4.40. The Labute approximate surface area is 126 Å². The first-order chi connectivity index (χ1) is 8.51. The van der Waals surface area contributed by atoms with Crippen molar-refractivity contribution in [1.29, 1.82) is 0 Å². The van der Waals surface area contributed by atoms with Crippen molar-refractivity contribution in [3.8, 4) is 0 Å². The predicted molar refractivity (Wildman–Crippen MR) is 80.3 cm³/mol. The molecule has 96 valence electrons. The van der Waals surface area contributed by atoms with E-state index in [4.69, 9.17) is 0 Å². The van der Waals surface area contributed by atoms with Crippen LogP contribution < -0.4 is 0 Å². The molecule has 0 spiro atoms. The Bertz CT molecular complexity index is 569. The van der Waals surface area contributed by atoms with Crippen molar-refractivity contribution >= 4 is 49.0 Å². The number of halogens is 2. The molecule has 0 bridgehead atoms. The number of nitrogens with zero attached hydrogens (tertiary/aromatic N) is 2. The lowest BCUT2D eigenvalue weighted by molar-refractivity contribution is 0.0994. The Morgan fingerprint density at radius 1 is 1.44 bits per heavy atom. The number of aryl methyl sites for hydroxylation is 2. The van der Waals surface area contributed by atoms with Gasteiger partial charge in [-0.05, 0) is 50.4 Å². The summed E-state index contributed by atoms with van der Waals surface area (Å²) < 4.78 is 3.66. The number of aromatic nitrogens is 2. The van der Waals surface area contributed by atoms with Crippen LogP contribution in [0.2, 0.25) is 0 Å². The highest BCUT2D eigenvalue weighted by molar-refractivity contribution is 9.13. The lowest BCUT2D eigenvalue weighted by Crippen LogP contribution is -2.06. The summed E-state index contributed by atoms with van der Waals surface area (Å²) in [7, 11) is 1.88. The summed E-state index contributed by atoms with van der Waals surface area (Å²) in [5, 5.41) is 4.35. The number of thiophene rings is 1. The molecule has 0 aromatic carbocycles. The molecule has 0 aliphatic carbocycles. The molecule has 0 radical (unpaired) electrons. The van der Waals surface area contributed by atoms with Crippen LogP contribution in [0.4, 0.5) is 0 Å². The third-order valence-electron chi connectivity index (χ3n) is 2.65. The van der Waals surface area contributed by atoms with Crippen LogP contribution in [0.25, 0.3) is 0 Å². The van der Waals surface area contributed by atoms with Crippen molar-refractivity contribution in [1.82, 2.24) is 9.78 Å². The number of hydrogen-bond acceptors (Lipinski definition) is 3. The maximum atomic E-state index is 12.2. The maximum absolute atomic E-state index is 12.2. The highest BCUT2D eigenvalue weighted by Crippen LogP contribution is 2.32. The molecule has 3 nitrogen and oxygen atoms in total. The lowest BCUT2D eigenvalue weighted by Gasteiger charge is -1.99. The molecule has 2 rings (SSSR count). The quantitative estimate of drug-likeness (QED) is 0.738. The van der Waals surface area contributed by atoms with Gasteiger partial charge in [0.1, 0.15) is 0 Å². The second-order valence-electron chi connectivity index (χ2n) is 3.94. The van der Waals surface area contributed by atoms with Gasteiger partial charge in [-0.15, -0.1) is 11.3 Å². The average Bonchev–Trinajstić information content (AvgIpc) is 2.84. The van der Waals surface area contributed by atoms with Gasteiger partial charge in [0.2, 0.25) is 0 Å². The second-order valence-corrected chi connectivity index (χ2v) is 7.16. The smallest absolute Gasteiger partial charge is 0.178 e. The fourth-order valence-electron chi connectivity index (χ4n) is 1.65. The standard InChI is InChI=1S/C12H12Br2N2OS/c1-3-7-4-8(16(2)15-7)5-10(17)11-6-9(13)12(14)18-11/h4,6H,3,5H2,1-2H3. The fourth-order valence-corrected chi connectivity index (χ4v) is 3.62. The maximum Gasteiger partial charge on any atom is 0.178 e. The summed E-state index contributed by atoms with van der Waals surface area (Å²) in [6.45, 7) is 2.06. The number of Topliss-reactive ketones (excluding diaryl/α,β-unsaturated/α-hetero) is 1. The van der Waals surface area contributed by atoms with E-state index < -0.39 is 0 Å². The van der Waals surface area contributed by atoms with Crippen molar-refractivity contribution in [3.63, 3.8) is 0 Å². The molecule has 2 aromatic rings. The van der Waals surface area contributed by atoms with Gasteiger partial charge < -0.3 is 0 Å². The Morgan fingerprint density at radius 3 is 2.67 bits per heavy atom. The van der Waals surface area contributed by atoms with Crippen molar-refractivity contribution in [2.75, 3.05) is 0 Å². The van der Waals surface area contributed by atoms with Gasteiger partial charge in [0.25, 0.3) is 0 Å². The van der Waals surface area contributed by atoms with Crippen LogP contribution >= 0.6 is 43.2 Å². The van der Waals surface area contributed by atoms with Crippen LogP contribution in [0.3, 0.4) is 0 Å². The molecule has 0 N–H and O–H groups in total. The molecule has 2 heterocycles. The first kappa shape index (κ1) is 14.0. The molecule has 0 saturated heterocycles. The molecule has 0 fully saturated rings. The van der Waals surface area contributed by atoms with Gasteiger partial charge in [-0.1, -0.05) is 6.92 Å². The molecule has 0 amide bonds. The minimum atomic E-state index is 0.122. The molecule has 0 aliphatic heterocycles. The highest BCUT2D eigenvalue weighted by Gasteiger charge is 2.15. The number of carbonyl (C=O) groups excluding carboxylic acids is 1. The van der Waals surface area contributed by atoms with E-state index in [0.29, 0.717) is 6.42 Å². The van der Waals surface area contributed by atoms with Gasteiger partial charge in [0.05, 0.1) is 20.8 Å². The van der Waals surface area contributed by atoms with Gasteiger partial charge in [-0.3, -0.25) is 9.48 Å². The third kappa shape index (κ3) is 2.92. The second kappa shape index (κ2) is 5.67. The van der Waals surface area contributed by atoms with Gasteiger partial charge in [-0.2, -0.15) is 5.10 Å². The number of carbonyl (C=O) groups is 1. The average molecular weight is 392 g/mol. The number of hydrogen-bond donors (Lipinski definition) is 0. The van der Waals surface area contributed by atoms with Crippen LogP contribution in [0.5, 0.6) is 0 Å². The molecule has 6 heteroatoms. The lowest BCUT2D eigenvalue weighted by atomic mass is 10.2. The summed E-state index contributed by atoms with van der Waals surface area (Å²) in [6, 6.07) is 3.85. The molecular formula is C12H12Br2N2OS. The third-order valence-corrected chi connectivity index (χ3v) is 5.95. The van der Waals surface area contributed by atoms with Crippen LogP contribution in [0, 0.1) is 0 Å². The molecule has 0 aliphatic rings. The topological polar surface area (TPSA) is 34.9 Å². The van der Waals surface area contributed by atoms with E-state index in [9.17, 15) is 4.79 Å². The molecule has 2 aromatic heterocycles. The molecule has 0 atom stereocenters. The number of rotatable bonds is 4. The summed E-state index contributed by atoms with van der Waals surface area (Å²) >= 11 is 8.25. The Hall–Kier alpha value is -0.460. The normalized spacial score (nSPS) is 10.9. The van der Waals surface area contributed by atoms with Gasteiger partial charge in [0.15, 0.2) is 5.78 Å². The van der Waals surface area contributed by atoms with Crippen LogP contribution in [-0.4, -0.2) is 15.6 Å². The van der Waals surface area contributed by atoms with Gasteiger partial charge in [0, 0.05) is 17.2 Å². The summed E-state index contributed by atoms with van der Waals surface area (Å²) in [6.07, 6.45) is 1.28. The monoisotopic (exact) mass is 390 g/mol. The van der Waals surface area contributed by atoms with Crippen molar-refractivity contribution in [3.05, 3.63) is 36.7 Å². The van der Waals surface area contributed by atoms with Crippen molar-refractivity contribution in [2.45, 2.75) is 19.8 Å². The highest BCUT2D eigenvalue weighted by atomic mass is 79.9. The first-order valence-corrected chi connectivity index (χ1v) is 7.91. The zero-order valence-corrected chi connectivity index (χ0v) is 14.0. The van der Waals surface area contributed by atoms with E-state index in [1.54, 1.807) is 4.68 Å². The van der Waals surface area contributed by atoms with E-state index in [0.717, 1.165) is 30.9 Å². The fraction of sp³-hybridized carbons (Fsp3) is 0.333. The van der Waals surface area contributed by atoms with E-state index in [1.807, 2.05) is 19.2 Å². The zero-order chi connectivity index (χ0) is 13.3. The largest absolute Gasteiger partial charge is 0.293 e. The SMILES string of the molecule is CCc1cc(CC(=O)c2cc(Br)c(Br)s2)n(C)n1. The Balaban J connectivity index is 2.18. The first-order valence-electron chi connectivity index (χ1n) is 5.51. The van der Waals surface area contributed by atoms with E-state index in [-0.39, 0.29) is 5.78 Å². The molecule has 0 unspecified atom stereocenters. The van der Waals surface area contributed by atoms with Crippen LogP contribution in [-0.2, 0) is 19.9 Å². The minimum absolute atomic E-state index is 0.122. The summed E-state index contributed by atoms with van der Waals surface area (Å²) in [5.41, 5.74) is 1.98. The van der Waals surface area contributed by atoms with E-state index in [1.165, 1.54) is 11.3 Å². The van der Waals surface area contributed by atoms with Gasteiger partial charge in [-0.25, -0.2) is 0 Å². The molecular weight excluding hydrogens is 380 g/mol. The molecule has 18 heavy (non-hydrogen) atoms. The zero-order valence-electron chi connectivity index (χ0n) is 10.0. The van der Waals surface area contributed by atoms with Crippen molar-refractivity contribution < 1.29 is 4.79 Å². The molecule has 0 saturated carbocycles. The van der Waals surface area contributed by atoms with E-state index >= 15 is 0 Å². The van der Waals surface area contributed by atoms with Crippen LogP contribution in [0.1, 0.15) is 28.0 Å².